The second-order valence-corrected chi connectivity index (χ2v) is 8.53. The Bertz CT molecular complexity index is 736. The van der Waals surface area contributed by atoms with Gasteiger partial charge in [0.25, 0.3) is 0 Å². The number of allylic oxidation sites excluding steroid dienone is 3. The Kier molecular flexibility index (Phi) is 3.72. The van der Waals surface area contributed by atoms with Crippen LogP contribution in [-0.4, -0.2) is 18.1 Å². The summed E-state index contributed by atoms with van der Waals surface area (Å²) >= 11 is 3.01. The zero-order valence-electron chi connectivity index (χ0n) is 12.5. The first-order valence-corrected chi connectivity index (χ1v) is 9.57. The molecular formula is C17H15F3OS2. The lowest BCUT2D eigenvalue weighted by atomic mass is 9.90. The van der Waals surface area contributed by atoms with E-state index in [1.807, 2.05) is 6.07 Å². The summed E-state index contributed by atoms with van der Waals surface area (Å²) in [6, 6.07) is 3.41. The van der Waals surface area contributed by atoms with Gasteiger partial charge in [0, 0.05) is 28.6 Å². The van der Waals surface area contributed by atoms with Gasteiger partial charge in [-0.3, -0.25) is 0 Å². The molecule has 3 aliphatic rings. The molecule has 1 unspecified atom stereocenters. The van der Waals surface area contributed by atoms with Gasteiger partial charge < -0.3 is 4.74 Å². The van der Waals surface area contributed by atoms with E-state index >= 15 is 4.39 Å². The molecule has 1 fully saturated rings. The summed E-state index contributed by atoms with van der Waals surface area (Å²) in [7, 11) is 0. The Morgan fingerprint density at radius 3 is 2.65 bits per heavy atom. The summed E-state index contributed by atoms with van der Waals surface area (Å²) in [6.07, 6.45) is 1.64. The van der Waals surface area contributed by atoms with Crippen molar-refractivity contribution in [1.29, 1.82) is 0 Å². The normalized spacial score (nSPS) is 24.7. The van der Waals surface area contributed by atoms with E-state index in [1.54, 1.807) is 13.0 Å². The first-order valence-electron chi connectivity index (χ1n) is 7.60. The molecule has 0 aromatic heterocycles. The van der Waals surface area contributed by atoms with E-state index in [1.165, 1.54) is 29.6 Å². The third kappa shape index (κ3) is 2.03. The molecule has 0 amide bonds. The quantitative estimate of drug-likeness (QED) is 0.699. The van der Waals surface area contributed by atoms with Crippen LogP contribution in [0.5, 0.6) is 5.75 Å². The van der Waals surface area contributed by atoms with E-state index in [0.717, 1.165) is 17.1 Å². The summed E-state index contributed by atoms with van der Waals surface area (Å²) in [5.74, 6) is -0.575. The molecule has 1 spiro atoms. The van der Waals surface area contributed by atoms with E-state index in [0.29, 0.717) is 24.2 Å². The molecule has 0 radical (unpaired) electrons. The SMILES string of the molecule is CCOc1ccc2c(c1F)C1(SCCS1)C1=C(F)C(F)=CCC12. The summed E-state index contributed by atoms with van der Waals surface area (Å²) in [6.45, 7) is 2.16. The fourth-order valence-electron chi connectivity index (χ4n) is 3.68. The summed E-state index contributed by atoms with van der Waals surface area (Å²) in [5.41, 5.74) is 1.64. The third-order valence-electron chi connectivity index (χ3n) is 4.52. The number of rotatable bonds is 2. The smallest absolute Gasteiger partial charge is 0.171 e. The molecule has 1 aliphatic heterocycles. The van der Waals surface area contributed by atoms with E-state index < -0.39 is 21.6 Å². The Morgan fingerprint density at radius 2 is 1.96 bits per heavy atom. The van der Waals surface area contributed by atoms with Crippen LogP contribution in [0.3, 0.4) is 0 Å². The van der Waals surface area contributed by atoms with Crippen molar-refractivity contribution >= 4 is 23.5 Å². The average Bonchev–Trinajstić information content (AvgIpc) is 3.12. The minimum Gasteiger partial charge on any atom is -0.491 e. The number of ether oxygens (including phenoxy) is 1. The van der Waals surface area contributed by atoms with E-state index in [4.69, 9.17) is 4.74 Å². The number of hydrogen-bond acceptors (Lipinski definition) is 3. The molecule has 1 nitrogen and oxygen atoms in total. The van der Waals surface area contributed by atoms with Crippen molar-refractivity contribution in [2.75, 3.05) is 18.1 Å². The van der Waals surface area contributed by atoms with Crippen LogP contribution in [0.25, 0.3) is 0 Å². The first kappa shape index (κ1) is 15.5. The van der Waals surface area contributed by atoms with Crippen molar-refractivity contribution in [3.8, 4) is 5.75 Å². The molecule has 0 saturated carbocycles. The standard InChI is InChI=1S/C17H15F3OS2/c1-2-21-12-6-4-10-9-3-5-11(18)15(19)13(9)17(14(10)16(12)20)22-7-8-23-17/h4-6,9H,2-3,7-8H2,1H3. The van der Waals surface area contributed by atoms with Gasteiger partial charge in [-0.15, -0.1) is 23.5 Å². The summed E-state index contributed by atoms with van der Waals surface area (Å²) in [4.78, 5) is 0. The monoisotopic (exact) mass is 356 g/mol. The Hall–Kier alpha value is -1.01. The van der Waals surface area contributed by atoms with Gasteiger partial charge >= 0.3 is 0 Å². The molecule has 4 rings (SSSR count). The Morgan fingerprint density at radius 1 is 1.22 bits per heavy atom. The molecule has 23 heavy (non-hydrogen) atoms. The van der Waals surface area contributed by atoms with Crippen LogP contribution in [0.1, 0.15) is 30.4 Å². The van der Waals surface area contributed by atoms with Gasteiger partial charge in [-0.25, -0.2) is 13.2 Å². The summed E-state index contributed by atoms with van der Waals surface area (Å²) in [5, 5.41) is 0. The lowest BCUT2D eigenvalue weighted by Crippen LogP contribution is -2.18. The number of benzene rings is 1. The molecule has 1 aromatic rings. The predicted molar refractivity (Wildman–Crippen MR) is 88.8 cm³/mol. The molecular weight excluding hydrogens is 341 g/mol. The molecule has 0 bridgehead atoms. The zero-order chi connectivity index (χ0) is 16.2. The van der Waals surface area contributed by atoms with Gasteiger partial charge in [0.2, 0.25) is 0 Å². The maximum absolute atomic E-state index is 15.1. The fourth-order valence-corrected chi connectivity index (χ4v) is 7.23. The van der Waals surface area contributed by atoms with Gasteiger partial charge in [-0.05, 0) is 31.1 Å². The van der Waals surface area contributed by atoms with Crippen LogP contribution in [0.4, 0.5) is 13.2 Å². The largest absolute Gasteiger partial charge is 0.491 e. The zero-order valence-corrected chi connectivity index (χ0v) is 14.1. The van der Waals surface area contributed by atoms with Crippen LogP contribution < -0.4 is 4.74 Å². The topological polar surface area (TPSA) is 9.23 Å². The van der Waals surface area contributed by atoms with Crippen LogP contribution in [-0.2, 0) is 4.08 Å². The molecule has 1 aromatic carbocycles. The predicted octanol–water partition coefficient (Wildman–Crippen LogP) is 5.44. The highest BCUT2D eigenvalue weighted by atomic mass is 32.2. The molecule has 122 valence electrons. The van der Waals surface area contributed by atoms with Crippen molar-refractivity contribution in [2.45, 2.75) is 23.3 Å². The van der Waals surface area contributed by atoms with Crippen LogP contribution in [0, 0.1) is 5.82 Å². The van der Waals surface area contributed by atoms with Crippen molar-refractivity contribution in [2.24, 2.45) is 0 Å². The van der Waals surface area contributed by atoms with E-state index in [-0.39, 0.29) is 11.7 Å². The molecule has 1 saturated heterocycles. The lowest BCUT2D eigenvalue weighted by molar-refractivity contribution is 0.320. The Labute approximate surface area is 141 Å². The Balaban J connectivity index is 1.99. The van der Waals surface area contributed by atoms with Crippen LogP contribution in [0.15, 0.2) is 35.4 Å². The fraction of sp³-hybridized carbons (Fsp3) is 0.412. The van der Waals surface area contributed by atoms with Crippen LogP contribution >= 0.6 is 23.5 Å². The van der Waals surface area contributed by atoms with Gasteiger partial charge in [0.05, 0.1) is 6.61 Å². The number of fused-ring (bicyclic) bond motifs is 5. The number of hydrogen-bond donors (Lipinski definition) is 0. The molecule has 1 heterocycles. The maximum atomic E-state index is 15.1. The van der Waals surface area contributed by atoms with Crippen molar-refractivity contribution in [1.82, 2.24) is 0 Å². The summed E-state index contributed by atoms with van der Waals surface area (Å²) < 4.78 is 48.1. The highest BCUT2D eigenvalue weighted by molar-refractivity contribution is 8.20. The molecule has 0 N–H and O–H groups in total. The van der Waals surface area contributed by atoms with Gasteiger partial charge in [0.1, 0.15) is 4.08 Å². The first-order chi connectivity index (χ1) is 11.1. The highest BCUT2D eigenvalue weighted by Gasteiger charge is 2.56. The molecule has 1 atom stereocenters. The maximum Gasteiger partial charge on any atom is 0.171 e. The van der Waals surface area contributed by atoms with Gasteiger partial charge in [-0.2, -0.15) is 0 Å². The van der Waals surface area contributed by atoms with Gasteiger partial charge in [-0.1, -0.05) is 6.07 Å². The van der Waals surface area contributed by atoms with Crippen molar-refractivity contribution < 1.29 is 17.9 Å². The number of thioether (sulfide) groups is 2. The van der Waals surface area contributed by atoms with Crippen LogP contribution in [0.2, 0.25) is 0 Å². The minimum absolute atomic E-state index is 0.187. The minimum atomic E-state index is -0.854. The van der Waals surface area contributed by atoms with Crippen molar-refractivity contribution in [3.05, 3.63) is 52.4 Å². The molecule has 6 heteroatoms. The number of halogens is 3. The van der Waals surface area contributed by atoms with E-state index in [2.05, 4.69) is 0 Å². The molecule has 2 aliphatic carbocycles. The second-order valence-electron chi connectivity index (χ2n) is 5.66. The highest BCUT2D eigenvalue weighted by Crippen LogP contribution is 2.68. The third-order valence-corrected chi connectivity index (χ3v) is 7.96. The van der Waals surface area contributed by atoms with E-state index in [9.17, 15) is 8.78 Å². The second kappa shape index (κ2) is 5.52. The van der Waals surface area contributed by atoms with Gasteiger partial charge in [0.15, 0.2) is 23.2 Å². The van der Waals surface area contributed by atoms with Crippen molar-refractivity contribution in [3.63, 3.8) is 0 Å². The average molecular weight is 356 g/mol. The lowest BCUT2D eigenvalue weighted by Gasteiger charge is -2.28.